The molecule has 2 heterocycles. The lowest BCUT2D eigenvalue weighted by Gasteiger charge is -2.36. The molecular weight excluding hydrogens is 368 g/mol. The summed E-state index contributed by atoms with van der Waals surface area (Å²) in [7, 11) is 3.13. The average molecular weight is 394 g/mol. The molecule has 1 saturated heterocycles. The van der Waals surface area contributed by atoms with Crippen LogP contribution >= 0.6 is 0 Å². The number of aryl methyl sites for hydroxylation is 1. The smallest absolute Gasteiger partial charge is 0.258 e. The van der Waals surface area contributed by atoms with Gasteiger partial charge in [-0.1, -0.05) is 18.2 Å². The number of ether oxygens (including phenoxy) is 2. The molecular formula is C22H26N4O3. The van der Waals surface area contributed by atoms with Gasteiger partial charge in [-0.2, -0.15) is 0 Å². The van der Waals surface area contributed by atoms with E-state index >= 15 is 0 Å². The van der Waals surface area contributed by atoms with Crippen LogP contribution in [0.15, 0.2) is 41.2 Å². The van der Waals surface area contributed by atoms with Crippen molar-refractivity contribution >= 4 is 16.6 Å². The number of hydrogen-bond acceptors (Lipinski definition) is 6. The van der Waals surface area contributed by atoms with Crippen LogP contribution in [-0.2, 0) is 6.54 Å². The Morgan fingerprint density at radius 3 is 2.41 bits per heavy atom. The number of piperazine rings is 1. The summed E-state index contributed by atoms with van der Waals surface area (Å²) >= 11 is 0. The molecule has 7 heteroatoms. The SMILES string of the molecule is COc1cc2nc(CN3CCN(c4ccccc4C)CC3)[nH]c(=O)c2cc1OC. The number of methoxy groups -OCH3 is 2. The molecule has 0 atom stereocenters. The molecule has 1 aromatic heterocycles. The van der Waals surface area contributed by atoms with Crippen molar-refractivity contribution in [2.24, 2.45) is 0 Å². The van der Waals surface area contributed by atoms with E-state index in [4.69, 9.17) is 9.47 Å². The first-order chi connectivity index (χ1) is 14.1. The highest BCUT2D eigenvalue weighted by molar-refractivity contribution is 5.81. The monoisotopic (exact) mass is 394 g/mol. The normalized spacial score (nSPS) is 14.9. The molecule has 2 aromatic carbocycles. The van der Waals surface area contributed by atoms with Gasteiger partial charge in [-0.3, -0.25) is 9.69 Å². The number of nitrogens with one attached hydrogen (secondary N) is 1. The van der Waals surface area contributed by atoms with Gasteiger partial charge >= 0.3 is 0 Å². The summed E-state index contributed by atoms with van der Waals surface area (Å²) < 4.78 is 10.6. The third-order valence-electron chi connectivity index (χ3n) is 5.46. The van der Waals surface area contributed by atoms with Crippen LogP contribution in [0.2, 0.25) is 0 Å². The number of fused-ring (bicyclic) bond motifs is 1. The van der Waals surface area contributed by atoms with Crippen molar-refractivity contribution in [1.82, 2.24) is 14.9 Å². The van der Waals surface area contributed by atoms with Gasteiger partial charge < -0.3 is 19.4 Å². The molecule has 1 N–H and O–H groups in total. The van der Waals surface area contributed by atoms with Gasteiger partial charge in [0.05, 0.1) is 31.7 Å². The molecule has 1 aliphatic rings. The Hall–Kier alpha value is -3.06. The number of nitrogens with zero attached hydrogens (tertiary/aromatic N) is 3. The van der Waals surface area contributed by atoms with Crippen molar-refractivity contribution in [2.75, 3.05) is 45.3 Å². The van der Waals surface area contributed by atoms with E-state index in [1.54, 1.807) is 26.4 Å². The molecule has 1 fully saturated rings. The number of H-pyrrole nitrogens is 1. The predicted molar refractivity (Wildman–Crippen MR) is 114 cm³/mol. The maximum atomic E-state index is 12.6. The fourth-order valence-electron chi connectivity index (χ4n) is 3.87. The van der Waals surface area contributed by atoms with Crippen LogP contribution in [0.5, 0.6) is 11.5 Å². The van der Waals surface area contributed by atoms with E-state index < -0.39 is 0 Å². The van der Waals surface area contributed by atoms with Crippen LogP contribution < -0.4 is 19.9 Å². The lowest BCUT2D eigenvalue weighted by molar-refractivity contribution is 0.244. The minimum atomic E-state index is -0.163. The summed E-state index contributed by atoms with van der Waals surface area (Å²) in [5, 5.41) is 0.496. The number of benzene rings is 2. The third-order valence-corrected chi connectivity index (χ3v) is 5.46. The van der Waals surface area contributed by atoms with Gasteiger partial charge in [0.25, 0.3) is 5.56 Å². The van der Waals surface area contributed by atoms with E-state index in [0.29, 0.717) is 34.8 Å². The number of hydrogen-bond donors (Lipinski definition) is 1. The van der Waals surface area contributed by atoms with E-state index in [9.17, 15) is 4.79 Å². The van der Waals surface area contributed by atoms with Gasteiger partial charge in [0.1, 0.15) is 5.82 Å². The topological polar surface area (TPSA) is 70.7 Å². The molecule has 152 valence electrons. The van der Waals surface area contributed by atoms with Crippen molar-refractivity contribution in [3.63, 3.8) is 0 Å². The lowest BCUT2D eigenvalue weighted by Crippen LogP contribution is -2.46. The summed E-state index contributed by atoms with van der Waals surface area (Å²) in [5.74, 6) is 1.75. The second kappa shape index (κ2) is 8.13. The molecule has 0 radical (unpaired) electrons. The van der Waals surface area contributed by atoms with Crippen LogP contribution in [0, 0.1) is 6.92 Å². The van der Waals surface area contributed by atoms with Crippen LogP contribution in [0.25, 0.3) is 10.9 Å². The predicted octanol–water partition coefficient (Wildman–Crippen LogP) is 2.57. The second-order valence-corrected chi connectivity index (χ2v) is 7.29. The maximum Gasteiger partial charge on any atom is 0.258 e. The average Bonchev–Trinajstić information content (AvgIpc) is 2.74. The minimum absolute atomic E-state index is 0.163. The van der Waals surface area contributed by atoms with E-state index in [-0.39, 0.29) is 5.56 Å². The lowest BCUT2D eigenvalue weighted by atomic mass is 10.1. The van der Waals surface area contributed by atoms with Gasteiger partial charge in [-0.25, -0.2) is 4.98 Å². The fraction of sp³-hybridized carbons (Fsp3) is 0.364. The summed E-state index contributed by atoms with van der Waals surface area (Å²) in [6.45, 7) is 6.50. The molecule has 0 unspecified atom stereocenters. The van der Waals surface area contributed by atoms with Gasteiger partial charge in [0.2, 0.25) is 0 Å². The molecule has 0 spiro atoms. The molecule has 4 rings (SSSR count). The van der Waals surface area contributed by atoms with Gasteiger partial charge in [0.15, 0.2) is 11.5 Å². The summed E-state index contributed by atoms with van der Waals surface area (Å²) in [5.41, 5.74) is 3.04. The first-order valence-electron chi connectivity index (χ1n) is 9.77. The third kappa shape index (κ3) is 3.91. The van der Waals surface area contributed by atoms with E-state index in [1.807, 2.05) is 0 Å². The van der Waals surface area contributed by atoms with Crippen molar-refractivity contribution < 1.29 is 9.47 Å². The standard InChI is InChI=1S/C22H26N4O3/c1-15-6-4-5-7-18(15)26-10-8-25(9-11-26)14-21-23-17-13-20(29-3)19(28-2)12-16(17)22(27)24-21/h4-7,12-13H,8-11,14H2,1-3H3,(H,23,24,27). The van der Waals surface area contributed by atoms with Gasteiger partial charge in [-0.05, 0) is 24.6 Å². The van der Waals surface area contributed by atoms with E-state index in [0.717, 1.165) is 26.2 Å². The molecule has 0 amide bonds. The van der Waals surface area contributed by atoms with Crippen LogP contribution in [-0.4, -0.2) is 55.3 Å². The van der Waals surface area contributed by atoms with E-state index in [1.165, 1.54) is 11.3 Å². The van der Waals surface area contributed by atoms with Crippen molar-refractivity contribution in [2.45, 2.75) is 13.5 Å². The number of rotatable bonds is 5. The molecule has 7 nitrogen and oxygen atoms in total. The highest BCUT2D eigenvalue weighted by atomic mass is 16.5. The molecule has 1 aliphatic heterocycles. The molecule has 3 aromatic rings. The Morgan fingerprint density at radius 1 is 1.03 bits per heavy atom. The number of aromatic nitrogens is 2. The molecule has 0 aliphatic carbocycles. The first-order valence-corrected chi connectivity index (χ1v) is 9.77. The summed E-state index contributed by atoms with van der Waals surface area (Å²) in [6.07, 6.45) is 0. The van der Waals surface area contributed by atoms with Crippen LogP contribution in [0.3, 0.4) is 0 Å². The Kier molecular flexibility index (Phi) is 5.40. The minimum Gasteiger partial charge on any atom is -0.493 e. The fourth-order valence-corrected chi connectivity index (χ4v) is 3.87. The largest absolute Gasteiger partial charge is 0.493 e. The van der Waals surface area contributed by atoms with Crippen LogP contribution in [0.1, 0.15) is 11.4 Å². The maximum absolute atomic E-state index is 12.6. The zero-order valence-electron chi connectivity index (χ0n) is 17.1. The van der Waals surface area contributed by atoms with Crippen LogP contribution in [0.4, 0.5) is 5.69 Å². The summed E-state index contributed by atoms with van der Waals surface area (Å²) in [4.78, 5) is 24.9. The Bertz CT molecular complexity index is 1070. The molecule has 0 saturated carbocycles. The number of anilines is 1. The van der Waals surface area contributed by atoms with Crippen molar-refractivity contribution in [3.05, 3.63) is 58.1 Å². The second-order valence-electron chi connectivity index (χ2n) is 7.29. The zero-order valence-corrected chi connectivity index (χ0v) is 17.1. The number of aromatic amines is 1. The van der Waals surface area contributed by atoms with Crippen molar-refractivity contribution in [1.29, 1.82) is 0 Å². The molecule has 29 heavy (non-hydrogen) atoms. The van der Waals surface area contributed by atoms with Gasteiger partial charge in [0, 0.05) is 37.9 Å². The summed E-state index contributed by atoms with van der Waals surface area (Å²) in [6, 6.07) is 11.9. The highest BCUT2D eigenvalue weighted by Crippen LogP contribution is 2.30. The molecule has 0 bridgehead atoms. The number of para-hydroxylation sites is 1. The Morgan fingerprint density at radius 2 is 1.72 bits per heavy atom. The zero-order chi connectivity index (χ0) is 20.4. The van der Waals surface area contributed by atoms with E-state index in [2.05, 4.69) is 51.0 Å². The highest BCUT2D eigenvalue weighted by Gasteiger charge is 2.19. The Labute approximate surface area is 169 Å². The first kappa shape index (κ1) is 19.3. The quantitative estimate of drug-likeness (QED) is 0.717. The van der Waals surface area contributed by atoms with Crippen molar-refractivity contribution in [3.8, 4) is 11.5 Å². The Balaban J connectivity index is 1.50. The van der Waals surface area contributed by atoms with Gasteiger partial charge in [-0.15, -0.1) is 0 Å².